The van der Waals surface area contributed by atoms with Gasteiger partial charge in [0.2, 0.25) is 0 Å². The third kappa shape index (κ3) is 4.72. The van der Waals surface area contributed by atoms with Crippen LogP contribution in [0.3, 0.4) is 0 Å². The number of fused-ring (bicyclic) bond motifs is 1. The summed E-state index contributed by atoms with van der Waals surface area (Å²) in [6, 6.07) is 22.2. The van der Waals surface area contributed by atoms with Crippen LogP contribution in [0, 0.1) is 5.82 Å². The molecule has 2 amide bonds. The van der Waals surface area contributed by atoms with Crippen molar-refractivity contribution in [2.75, 3.05) is 6.54 Å². The molecule has 1 aromatic heterocycles. The normalized spacial score (nSPS) is 15.1. The molecule has 0 N–H and O–H groups in total. The number of aromatic nitrogens is 1. The molecule has 4 aromatic rings. The molecule has 0 atom stereocenters. The van der Waals surface area contributed by atoms with Gasteiger partial charge in [0, 0.05) is 40.2 Å². The number of thioether (sulfide) groups is 1. The molecule has 0 unspecified atom stereocenters. The number of benzene rings is 3. The van der Waals surface area contributed by atoms with Gasteiger partial charge in [0.15, 0.2) is 0 Å². The minimum atomic E-state index is -0.270. The van der Waals surface area contributed by atoms with Crippen LogP contribution < -0.4 is 0 Å². The summed E-state index contributed by atoms with van der Waals surface area (Å²) in [6.45, 7) is 0.911. The number of amides is 2. The van der Waals surface area contributed by atoms with Gasteiger partial charge in [-0.3, -0.25) is 14.5 Å². The van der Waals surface area contributed by atoms with E-state index in [0.717, 1.165) is 43.8 Å². The van der Waals surface area contributed by atoms with Gasteiger partial charge in [-0.15, -0.1) is 0 Å². The Morgan fingerprint density at radius 3 is 2.47 bits per heavy atom. The van der Waals surface area contributed by atoms with E-state index < -0.39 is 0 Å². The molecular formula is C27H20BrFN2O2S. The van der Waals surface area contributed by atoms with Gasteiger partial charge in [-0.1, -0.05) is 58.4 Å². The van der Waals surface area contributed by atoms with Gasteiger partial charge in [-0.2, -0.15) is 0 Å². The van der Waals surface area contributed by atoms with E-state index >= 15 is 0 Å². The minimum absolute atomic E-state index is 0.247. The summed E-state index contributed by atoms with van der Waals surface area (Å²) in [7, 11) is 0. The van der Waals surface area contributed by atoms with Gasteiger partial charge in [0.1, 0.15) is 5.82 Å². The van der Waals surface area contributed by atoms with Crippen LogP contribution in [0.25, 0.3) is 17.0 Å². The summed E-state index contributed by atoms with van der Waals surface area (Å²) in [5.74, 6) is -0.533. The maximum absolute atomic E-state index is 13.3. The van der Waals surface area contributed by atoms with Gasteiger partial charge >= 0.3 is 0 Å². The average Bonchev–Trinajstić information content (AvgIpc) is 3.30. The molecule has 0 spiro atoms. The van der Waals surface area contributed by atoms with Crippen molar-refractivity contribution in [2.24, 2.45) is 0 Å². The quantitative estimate of drug-likeness (QED) is 0.253. The number of halogens is 2. The highest BCUT2D eigenvalue weighted by molar-refractivity contribution is 9.10. The number of rotatable bonds is 6. The number of nitrogens with zero attached hydrogens (tertiary/aromatic N) is 2. The molecule has 1 aliphatic rings. The summed E-state index contributed by atoms with van der Waals surface area (Å²) in [5.41, 5.74) is 3.89. The van der Waals surface area contributed by atoms with Gasteiger partial charge in [-0.25, -0.2) is 4.39 Å². The molecule has 0 bridgehead atoms. The van der Waals surface area contributed by atoms with Crippen LogP contribution in [0.1, 0.15) is 16.7 Å². The first-order chi connectivity index (χ1) is 16.5. The highest BCUT2D eigenvalue weighted by atomic mass is 79.9. The van der Waals surface area contributed by atoms with E-state index in [1.807, 2.05) is 54.7 Å². The summed E-state index contributed by atoms with van der Waals surface area (Å²) in [5, 5.41) is 0.719. The molecule has 2 heterocycles. The predicted octanol–water partition coefficient (Wildman–Crippen LogP) is 6.87. The Morgan fingerprint density at radius 1 is 0.941 bits per heavy atom. The number of carbonyl (C=O) groups is 2. The Kier molecular flexibility index (Phi) is 6.39. The third-order valence-electron chi connectivity index (χ3n) is 5.77. The zero-order chi connectivity index (χ0) is 23.7. The molecule has 1 saturated heterocycles. The summed E-state index contributed by atoms with van der Waals surface area (Å²) >= 11 is 4.51. The first kappa shape index (κ1) is 22.6. The zero-order valence-electron chi connectivity index (χ0n) is 18.1. The lowest BCUT2D eigenvalue weighted by molar-refractivity contribution is -0.122. The van der Waals surface area contributed by atoms with Crippen molar-refractivity contribution in [3.05, 3.63) is 111 Å². The van der Waals surface area contributed by atoms with E-state index in [9.17, 15) is 14.0 Å². The molecule has 1 fully saturated rings. The Labute approximate surface area is 209 Å². The van der Waals surface area contributed by atoms with E-state index in [0.29, 0.717) is 24.4 Å². The molecule has 4 nitrogen and oxygen atoms in total. The summed E-state index contributed by atoms with van der Waals surface area (Å²) in [6.07, 6.45) is 4.39. The van der Waals surface area contributed by atoms with Crippen LogP contribution in [-0.2, 0) is 17.8 Å². The highest BCUT2D eigenvalue weighted by Crippen LogP contribution is 2.35. The van der Waals surface area contributed by atoms with Crippen molar-refractivity contribution in [3.63, 3.8) is 0 Å². The molecule has 3 aromatic carbocycles. The number of carbonyl (C=O) groups excluding carboxylic acids is 2. The molecular weight excluding hydrogens is 515 g/mol. The minimum Gasteiger partial charge on any atom is -0.342 e. The molecule has 34 heavy (non-hydrogen) atoms. The van der Waals surface area contributed by atoms with E-state index in [1.165, 1.54) is 17.0 Å². The lowest BCUT2D eigenvalue weighted by Gasteiger charge is -2.12. The average molecular weight is 535 g/mol. The van der Waals surface area contributed by atoms with Gasteiger partial charge in [0.05, 0.1) is 4.91 Å². The van der Waals surface area contributed by atoms with Crippen molar-refractivity contribution in [2.45, 2.75) is 13.0 Å². The smallest absolute Gasteiger partial charge is 0.293 e. The van der Waals surface area contributed by atoms with E-state index in [4.69, 9.17) is 0 Å². The van der Waals surface area contributed by atoms with Crippen molar-refractivity contribution < 1.29 is 14.0 Å². The van der Waals surface area contributed by atoms with E-state index in [-0.39, 0.29) is 17.0 Å². The fourth-order valence-electron chi connectivity index (χ4n) is 4.05. The summed E-state index contributed by atoms with van der Waals surface area (Å²) < 4.78 is 16.3. The molecule has 7 heteroatoms. The molecule has 1 aliphatic heterocycles. The zero-order valence-corrected chi connectivity index (χ0v) is 20.5. The second kappa shape index (κ2) is 9.60. The second-order valence-corrected chi connectivity index (χ2v) is 9.98. The number of hydrogen-bond donors (Lipinski definition) is 0. The molecule has 0 radical (unpaired) electrons. The van der Waals surface area contributed by atoms with Crippen molar-refractivity contribution in [1.82, 2.24) is 9.47 Å². The predicted molar refractivity (Wildman–Crippen MR) is 138 cm³/mol. The Morgan fingerprint density at radius 2 is 1.71 bits per heavy atom. The third-order valence-corrected chi connectivity index (χ3v) is 7.17. The SMILES string of the molecule is O=C1S/C(=C\c2cn(Cc3ccc(F)cc3)c3ccc(Br)cc23)C(=O)N1CCc1ccccc1. The van der Waals surface area contributed by atoms with Crippen LogP contribution in [0.5, 0.6) is 0 Å². The van der Waals surface area contributed by atoms with Crippen LogP contribution in [0.15, 0.2) is 88.4 Å². The molecule has 0 aliphatic carbocycles. The van der Waals surface area contributed by atoms with Crippen molar-refractivity contribution in [1.29, 1.82) is 0 Å². The van der Waals surface area contributed by atoms with Gasteiger partial charge in [-0.05, 0) is 65.7 Å². The first-order valence-electron chi connectivity index (χ1n) is 10.8. The monoisotopic (exact) mass is 534 g/mol. The Balaban J connectivity index is 1.43. The van der Waals surface area contributed by atoms with Crippen LogP contribution >= 0.6 is 27.7 Å². The Bertz CT molecular complexity index is 1410. The van der Waals surface area contributed by atoms with Crippen LogP contribution in [0.4, 0.5) is 9.18 Å². The molecule has 170 valence electrons. The maximum Gasteiger partial charge on any atom is 0.293 e. The molecule has 5 rings (SSSR count). The second-order valence-electron chi connectivity index (χ2n) is 8.07. The van der Waals surface area contributed by atoms with E-state index in [2.05, 4.69) is 20.5 Å². The fourth-order valence-corrected chi connectivity index (χ4v) is 5.27. The standard InChI is InChI=1S/C27H20BrFN2O2S/c28-21-8-11-24-23(15-21)20(17-30(24)16-19-6-9-22(29)10-7-19)14-25-26(32)31(27(33)34-25)13-12-18-4-2-1-3-5-18/h1-11,14-15,17H,12-13,16H2/b25-14-. The van der Waals surface area contributed by atoms with Gasteiger partial charge < -0.3 is 4.57 Å². The molecule has 0 saturated carbocycles. The van der Waals surface area contributed by atoms with Crippen molar-refractivity contribution >= 4 is 55.8 Å². The first-order valence-corrected chi connectivity index (χ1v) is 12.4. The Hall–Kier alpha value is -3.16. The van der Waals surface area contributed by atoms with Crippen LogP contribution in [-0.4, -0.2) is 27.2 Å². The topological polar surface area (TPSA) is 42.3 Å². The lowest BCUT2D eigenvalue weighted by Crippen LogP contribution is -2.30. The number of imide groups is 1. The largest absolute Gasteiger partial charge is 0.342 e. The lowest BCUT2D eigenvalue weighted by atomic mass is 10.1. The highest BCUT2D eigenvalue weighted by Gasteiger charge is 2.34. The van der Waals surface area contributed by atoms with Crippen LogP contribution in [0.2, 0.25) is 0 Å². The van der Waals surface area contributed by atoms with Gasteiger partial charge in [0.25, 0.3) is 11.1 Å². The van der Waals surface area contributed by atoms with Crippen molar-refractivity contribution in [3.8, 4) is 0 Å². The number of hydrogen-bond acceptors (Lipinski definition) is 3. The summed E-state index contributed by atoms with van der Waals surface area (Å²) in [4.78, 5) is 27.4. The van der Waals surface area contributed by atoms with E-state index in [1.54, 1.807) is 18.2 Å². The maximum atomic E-state index is 13.3. The fraction of sp³-hybridized carbons (Fsp3) is 0.111.